The molecular formula is C13H16ClN3. The van der Waals surface area contributed by atoms with Gasteiger partial charge >= 0.3 is 0 Å². The van der Waals surface area contributed by atoms with E-state index in [1.54, 1.807) is 0 Å². The van der Waals surface area contributed by atoms with Crippen molar-refractivity contribution in [3.05, 3.63) is 29.0 Å². The maximum atomic E-state index is 6.29. The molecule has 17 heavy (non-hydrogen) atoms. The average molecular weight is 250 g/mol. The number of nitrogens with zero attached hydrogens (tertiary/aromatic N) is 2. The molecule has 1 saturated carbocycles. The molecule has 4 heteroatoms. The highest BCUT2D eigenvalue weighted by atomic mass is 35.5. The fourth-order valence-corrected chi connectivity index (χ4v) is 2.53. The predicted octanol–water partition coefficient (Wildman–Crippen LogP) is 3.43. The molecule has 1 aliphatic carbocycles. The number of hydrogen-bond donors (Lipinski definition) is 1. The lowest BCUT2D eigenvalue weighted by Gasteiger charge is -2.12. The minimum Gasteiger partial charge on any atom is -0.322 e. The Morgan fingerprint density at radius 3 is 2.94 bits per heavy atom. The molecule has 90 valence electrons. The number of nitrogens with two attached hydrogens (primary N) is 1. The smallest absolute Gasteiger partial charge is 0.127 e. The first-order chi connectivity index (χ1) is 8.22. The van der Waals surface area contributed by atoms with Crippen molar-refractivity contribution in [3.8, 4) is 0 Å². The van der Waals surface area contributed by atoms with Crippen LogP contribution < -0.4 is 5.73 Å². The summed E-state index contributed by atoms with van der Waals surface area (Å²) in [5.41, 5.74) is 8.16. The number of aromatic nitrogens is 2. The zero-order valence-corrected chi connectivity index (χ0v) is 10.6. The molecule has 0 amide bonds. The molecule has 1 fully saturated rings. The Balaban J connectivity index is 2.28. The zero-order valence-electron chi connectivity index (χ0n) is 9.86. The maximum Gasteiger partial charge on any atom is 0.127 e. The Hall–Kier alpha value is -1.06. The number of fused-ring (bicyclic) bond motifs is 1. The summed E-state index contributed by atoms with van der Waals surface area (Å²) < 4.78 is 2.26. The van der Waals surface area contributed by atoms with Crippen LogP contribution in [0.3, 0.4) is 0 Å². The van der Waals surface area contributed by atoms with Crippen molar-refractivity contribution in [1.82, 2.24) is 9.55 Å². The van der Waals surface area contributed by atoms with Crippen LogP contribution in [0.5, 0.6) is 0 Å². The molecule has 2 aromatic rings. The summed E-state index contributed by atoms with van der Waals surface area (Å²) in [6.07, 6.45) is 3.31. The van der Waals surface area contributed by atoms with Crippen LogP contribution >= 0.6 is 11.6 Å². The molecule has 1 heterocycles. The highest BCUT2D eigenvalue weighted by molar-refractivity contribution is 6.35. The summed E-state index contributed by atoms with van der Waals surface area (Å²) in [4.78, 5) is 4.66. The van der Waals surface area contributed by atoms with Crippen LogP contribution in [0.15, 0.2) is 18.2 Å². The normalized spacial score (nSPS) is 17.6. The summed E-state index contributed by atoms with van der Waals surface area (Å²) in [6, 6.07) is 6.42. The van der Waals surface area contributed by atoms with Gasteiger partial charge in [0.2, 0.25) is 0 Å². The van der Waals surface area contributed by atoms with Crippen LogP contribution in [0, 0.1) is 0 Å². The number of benzene rings is 1. The number of rotatable bonds is 3. The highest BCUT2D eigenvalue weighted by Gasteiger charge is 2.30. The molecule has 0 saturated heterocycles. The lowest BCUT2D eigenvalue weighted by atomic mass is 10.2. The predicted molar refractivity (Wildman–Crippen MR) is 70.2 cm³/mol. The average Bonchev–Trinajstić information content (AvgIpc) is 3.09. The molecule has 1 aromatic heterocycles. The van der Waals surface area contributed by atoms with Gasteiger partial charge in [0, 0.05) is 6.04 Å². The van der Waals surface area contributed by atoms with E-state index >= 15 is 0 Å². The van der Waals surface area contributed by atoms with Gasteiger partial charge in [-0.25, -0.2) is 4.98 Å². The van der Waals surface area contributed by atoms with Crippen LogP contribution in [-0.2, 0) is 0 Å². The molecule has 0 bridgehead atoms. The van der Waals surface area contributed by atoms with Gasteiger partial charge in [-0.2, -0.15) is 0 Å². The molecule has 1 aromatic carbocycles. The first-order valence-electron chi connectivity index (χ1n) is 6.14. The monoisotopic (exact) mass is 249 g/mol. The van der Waals surface area contributed by atoms with Crippen molar-refractivity contribution in [2.45, 2.75) is 38.3 Å². The lowest BCUT2D eigenvalue weighted by molar-refractivity contribution is 0.590. The fourth-order valence-electron chi connectivity index (χ4n) is 2.27. The van der Waals surface area contributed by atoms with Crippen LogP contribution in [0.25, 0.3) is 11.0 Å². The number of halogens is 1. The molecule has 1 atom stereocenters. The van der Waals surface area contributed by atoms with Crippen molar-refractivity contribution >= 4 is 22.6 Å². The Morgan fingerprint density at radius 2 is 2.29 bits per heavy atom. The summed E-state index contributed by atoms with van der Waals surface area (Å²) in [5.74, 6) is 0.984. The molecule has 3 rings (SSSR count). The van der Waals surface area contributed by atoms with Gasteiger partial charge in [0.25, 0.3) is 0 Å². The first-order valence-corrected chi connectivity index (χ1v) is 6.52. The van der Waals surface area contributed by atoms with Crippen molar-refractivity contribution in [2.24, 2.45) is 5.73 Å². The molecule has 3 nitrogen and oxygen atoms in total. The first kappa shape index (κ1) is 11.1. The molecule has 0 radical (unpaired) electrons. The van der Waals surface area contributed by atoms with Gasteiger partial charge in [0.05, 0.1) is 22.1 Å². The van der Waals surface area contributed by atoms with E-state index in [1.807, 2.05) is 18.2 Å². The maximum absolute atomic E-state index is 6.29. The summed E-state index contributed by atoms with van der Waals surface area (Å²) in [5, 5.41) is 0.774. The second-order valence-corrected chi connectivity index (χ2v) is 5.10. The van der Waals surface area contributed by atoms with Gasteiger partial charge in [-0.3, -0.25) is 0 Å². The Kier molecular flexibility index (Phi) is 2.60. The molecule has 1 unspecified atom stereocenters. The minimum atomic E-state index is -0.000864. The minimum absolute atomic E-state index is 0.000864. The van der Waals surface area contributed by atoms with Gasteiger partial charge in [0.1, 0.15) is 5.82 Å². The second kappa shape index (κ2) is 4.00. The van der Waals surface area contributed by atoms with E-state index in [0.717, 1.165) is 28.3 Å². The van der Waals surface area contributed by atoms with Gasteiger partial charge in [-0.15, -0.1) is 0 Å². The SMILES string of the molecule is CCC(N)c1nc2cccc(Cl)c2n1C1CC1. The molecule has 0 aliphatic heterocycles. The van der Waals surface area contributed by atoms with Crippen LogP contribution in [0.2, 0.25) is 5.02 Å². The van der Waals surface area contributed by atoms with E-state index in [-0.39, 0.29) is 6.04 Å². The van der Waals surface area contributed by atoms with E-state index in [2.05, 4.69) is 16.5 Å². The Labute approximate surface area is 106 Å². The standard InChI is InChI=1S/C13H16ClN3/c1-2-10(15)13-16-11-5-3-4-9(14)12(11)17(13)8-6-7-8/h3-5,8,10H,2,6-7,15H2,1H3. The zero-order chi connectivity index (χ0) is 12.0. The van der Waals surface area contributed by atoms with Crippen molar-refractivity contribution < 1.29 is 0 Å². The molecular weight excluding hydrogens is 234 g/mol. The summed E-state index contributed by atoms with van der Waals surface area (Å²) >= 11 is 6.29. The summed E-state index contributed by atoms with van der Waals surface area (Å²) in [6.45, 7) is 2.09. The largest absolute Gasteiger partial charge is 0.322 e. The third-order valence-electron chi connectivity index (χ3n) is 3.37. The van der Waals surface area contributed by atoms with Gasteiger partial charge < -0.3 is 10.3 Å². The van der Waals surface area contributed by atoms with Crippen LogP contribution in [0.4, 0.5) is 0 Å². The van der Waals surface area contributed by atoms with Crippen LogP contribution in [-0.4, -0.2) is 9.55 Å². The van der Waals surface area contributed by atoms with Crippen molar-refractivity contribution in [1.29, 1.82) is 0 Å². The van der Waals surface area contributed by atoms with E-state index in [0.29, 0.717) is 6.04 Å². The quantitative estimate of drug-likeness (QED) is 0.906. The number of hydrogen-bond acceptors (Lipinski definition) is 2. The third-order valence-corrected chi connectivity index (χ3v) is 3.68. The highest BCUT2D eigenvalue weighted by Crippen LogP contribution is 2.41. The van der Waals surface area contributed by atoms with E-state index < -0.39 is 0 Å². The fraction of sp³-hybridized carbons (Fsp3) is 0.462. The van der Waals surface area contributed by atoms with Gasteiger partial charge in [-0.05, 0) is 31.4 Å². The third kappa shape index (κ3) is 1.74. The Bertz CT molecular complexity index is 557. The van der Waals surface area contributed by atoms with E-state index in [4.69, 9.17) is 17.3 Å². The summed E-state index contributed by atoms with van der Waals surface area (Å²) in [7, 11) is 0. The molecule has 1 aliphatic rings. The van der Waals surface area contributed by atoms with Crippen molar-refractivity contribution in [2.75, 3.05) is 0 Å². The lowest BCUT2D eigenvalue weighted by Crippen LogP contribution is -2.15. The van der Waals surface area contributed by atoms with Crippen LogP contribution in [0.1, 0.15) is 44.1 Å². The topological polar surface area (TPSA) is 43.8 Å². The van der Waals surface area contributed by atoms with Crippen molar-refractivity contribution in [3.63, 3.8) is 0 Å². The van der Waals surface area contributed by atoms with Gasteiger partial charge in [0.15, 0.2) is 0 Å². The van der Waals surface area contributed by atoms with E-state index in [1.165, 1.54) is 12.8 Å². The molecule has 2 N–H and O–H groups in total. The van der Waals surface area contributed by atoms with Gasteiger partial charge in [-0.1, -0.05) is 24.6 Å². The van der Waals surface area contributed by atoms with E-state index in [9.17, 15) is 0 Å². The number of para-hydroxylation sites is 1. The Morgan fingerprint density at radius 1 is 1.53 bits per heavy atom. The number of imidazole rings is 1. The second-order valence-electron chi connectivity index (χ2n) is 4.69. The molecule has 0 spiro atoms.